The normalized spacial score (nSPS) is 10.3. The summed E-state index contributed by atoms with van der Waals surface area (Å²) in [6.07, 6.45) is 5.38. The SMILES string of the molecule is CSc1cc(C(=O)NCc2cnc(C)s2)ccn1. The molecule has 2 rings (SSSR count). The summed E-state index contributed by atoms with van der Waals surface area (Å²) in [4.78, 5) is 21.3. The predicted octanol–water partition coefficient (Wildman–Crippen LogP) is 2.50. The molecule has 2 aromatic rings. The first-order chi connectivity index (χ1) is 8.69. The first-order valence-electron chi connectivity index (χ1n) is 5.38. The number of hydrogen-bond acceptors (Lipinski definition) is 5. The Morgan fingerprint density at radius 3 is 3.00 bits per heavy atom. The van der Waals surface area contributed by atoms with Crippen LogP contribution in [0, 0.1) is 6.92 Å². The van der Waals surface area contributed by atoms with E-state index in [-0.39, 0.29) is 5.91 Å². The van der Waals surface area contributed by atoms with Gasteiger partial charge in [-0.05, 0) is 25.3 Å². The molecule has 0 saturated carbocycles. The van der Waals surface area contributed by atoms with E-state index in [0.29, 0.717) is 12.1 Å². The standard InChI is InChI=1S/C12H13N3OS2/c1-8-14-6-10(18-8)7-15-12(16)9-3-4-13-11(5-9)17-2/h3-6H,7H2,1-2H3,(H,15,16). The Morgan fingerprint density at radius 1 is 1.50 bits per heavy atom. The van der Waals surface area contributed by atoms with Crippen molar-refractivity contribution in [3.8, 4) is 0 Å². The maximum atomic E-state index is 11.9. The van der Waals surface area contributed by atoms with Crippen LogP contribution in [0.5, 0.6) is 0 Å². The number of thiazole rings is 1. The lowest BCUT2D eigenvalue weighted by atomic mass is 10.2. The van der Waals surface area contributed by atoms with Crippen LogP contribution in [0.2, 0.25) is 0 Å². The van der Waals surface area contributed by atoms with Crippen molar-refractivity contribution in [2.75, 3.05) is 6.26 Å². The molecule has 0 aliphatic rings. The van der Waals surface area contributed by atoms with Gasteiger partial charge in [-0.15, -0.1) is 23.1 Å². The Balaban J connectivity index is 1.99. The zero-order valence-electron chi connectivity index (χ0n) is 10.1. The van der Waals surface area contributed by atoms with Crippen molar-refractivity contribution in [2.24, 2.45) is 0 Å². The zero-order valence-corrected chi connectivity index (χ0v) is 11.8. The largest absolute Gasteiger partial charge is 0.347 e. The van der Waals surface area contributed by atoms with Crippen molar-refractivity contribution >= 4 is 29.0 Å². The van der Waals surface area contributed by atoms with Crippen LogP contribution in [-0.2, 0) is 6.54 Å². The quantitative estimate of drug-likeness (QED) is 0.874. The molecule has 0 saturated heterocycles. The van der Waals surface area contributed by atoms with Crippen LogP contribution in [0.3, 0.4) is 0 Å². The molecule has 6 heteroatoms. The maximum Gasteiger partial charge on any atom is 0.251 e. The molecule has 94 valence electrons. The molecule has 0 fully saturated rings. The number of pyridine rings is 1. The zero-order chi connectivity index (χ0) is 13.0. The van der Waals surface area contributed by atoms with Gasteiger partial charge in [0.2, 0.25) is 0 Å². The van der Waals surface area contributed by atoms with E-state index >= 15 is 0 Å². The first-order valence-corrected chi connectivity index (χ1v) is 7.42. The average Bonchev–Trinajstić information content (AvgIpc) is 2.82. The van der Waals surface area contributed by atoms with Crippen molar-refractivity contribution in [3.05, 3.63) is 40.0 Å². The van der Waals surface area contributed by atoms with E-state index in [9.17, 15) is 4.79 Å². The van der Waals surface area contributed by atoms with E-state index in [4.69, 9.17) is 0 Å². The third-order valence-electron chi connectivity index (χ3n) is 2.30. The van der Waals surface area contributed by atoms with Crippen LogP contribution < -0.4 is 5.32 Å². The van der Waals surface area contributed by atoms with Gasteiger partial charge in [-0.25, -0.2) is 9.97 Å². The lowest BCUT2D eigenvalue weighted by Crippen LogP contribution is -2.22. The molecular formula is C12H13N3OS2. The van der Waals surface area contributed by atoms with Gasteiger partial charge in [0.1, 0.15) is 0 Å². The Morgan fingerprint density at radius 2 is 2.33 bits per heavy atom. The number of nitrogens with one attached hydrogen (secondary N) is 1. The second-order valence-electron chi connectivity index (χ2n) is 3.62. The average molecular weight is 279 g/mol. The van der Waals surface area contributed by atoms with Gasteiger partial charge < -0.3 is 5.32 Å². The van der Waals surface area contributed by atoms with Crippen LogP contribution in [0.25, 0.3) is 0 Å². The van der Waals surface area contributed by atoms with E-state index < -0.39 is 0 Å². The highest BCUT2D eigenvalue weighted by atomic mass is 32.2. The van der Waals surface area contributed by atoms with Gasteiger partial charge >= 0.3 is 0 Å². The Labute approximate surface area is 114 Å². The van der Waals surface area contributed by atoms with E-state index in [0.717, 1.165) is 14.9 Å². The molecule has 2 aromatic heterocycles. The Kier molecular flexibility index (Phi) is 4.33. The summed E-state index contributed by atoms with van der Waals surface area (Å²) in [7, 11) is 0. The Bertz CT molecular complexity index is 554. The number of hydrogen-bond donors (Lipinski definition) is 1. The molecule has 18 heavy (non-hydrogen) atoms. The van der Waals surface area contributed by atoms with E-state index in [1.54, 1.807) is 35.9 Å². The van der Waals surface area contributed by atoms with Crippen LogP contribution in [0.4, 0.5) is 0 Å². The van der Waals surface area contributed by atoms with Gasteiger partial charge in [0.25, 0.3) is 5.91 Å². The number of amides is 1. The minimum atomic E-state index is -0.0845. The topological polar surface area (TPSA) is 54.9 Å². The minimum Gasteiger partial charge on any atom is -0.347 e. The molecule has 1 N–H and O–H groups in total. The molecular weight excluding hydrogens is 266 g/mol. The summed E-state index contributed by atoms with van der Waals surface area (Å²) in [6.45, 7) is 2.46. The van der Waals surface area contributed by atoms with E-state index in [1.807, 2.05) is 13.2 Å². The highest BCUT2D eigenvalue weighted by Gasteiger charge is 2.07. The molecule has 0 radical (unpaired) electrons. The number of carbonyl (C=O) groups excluding carboxylic acids is 1. The highest BCUT2D eigenvalue weighted by Crippen LogP contribution is 2.13. The second kappa shape index (κ2) is 5.97. The van der Waals surface area contributed by atoms with Gasteiger partial charge in [-0.2, -0.15) is 0 Å². The van der Waals surface area contributed by atoms with Crippen LogP contribution in [0.15, 0.2) is 29.6 Å². The van der Waals surface area contributed by atoms with Gasteiger partial charge in [0, 0.05) is 22.8 Å². The van der Waals surface area contributed by atoms with Crippen molar-refractivity contribution in [2.45, 2.75) is 18.5 Å². The second-order valence-corrected chi connectivity index (χ2v) is 5.76. The fourth-order valence-corrected chi connectivity index (χ4v) is 2.56. The summed E-state index contributed by atoms with van der Waals surface area (Å²) in [5.74, 6) is -0.0845. The van der Waals surface area contributed by atoms with Gasteiger partial charge in [-0.1, -0.05) is 0 Å². The fraction of sp³-hybridized carbons (Fsp3) is 0.250. The van der Waals surface area contributed by atoms with Gasteiger partial charge in [0.05, 0.1) is 16.6 Å². The number of nitrogens with zero attached hydrogens (tertiary/aromatic N) is 2. The van der Waals surface area contributed by atoms with Gasteiger partial charge in [0.15, 0.2) is 0 Å². The van der Waals surface area contributed by atoms with Crippen LogP contribution >= 0.6 is 23.1 Å². The molecule has 0 bridgehead atoms. The van der Waals surface area contributed by atoms with Crippen molar-refractivity contribution < 1.29 is 4.79 Å². The summed E-state index contributed by atoms with van der Waals surface area (Å²) >= 11 is 3.11. The van der Waals surface area contributed by atoms with E-state index in [1.165, 1.54) is 11.8 Å². The van der Waals surface area contributed by atoms with Crippen LogP contribution in [-0.4, -0.2) is 22.1 Å². The third kappa shape index (κ3) is 3.30. The van der Waals surface area contributed by atoms with Crippen molar-refractivity contribution in [3.63, 3.8) is 0 Å². The third-order valence-corrected chi connectivity index (χ3v) is 3.85. The first kappa shape index (κ1) is 13.0. The molecule has 0 unspecified atom stereocenters. The molecule has 1 amide bonds. The molecule has 0 aromatic carbocycles. The highest BCUT2D eigenvalue weighted by molar-refractivity contribution is 7.98. The van der Waals surface area contributed by atoms with Crippen molar-refractivity contribution in [1.29, 1.82) is 0 Å². The maximum absolute atomic E-state index is 11.9. The smallest absolute Gasteiger partial charge is 0.251 e. The van der Waals surface area contributed by atoms with Crippen molar-refractivity contribution in [1.82, 2.24) is 15.3 Å². The lowest BCUT2D eigenvalue weighted by Gasteiger charge is -2.04. The number of rotatable bonds is 4. The Hall–Kier alpha value is -1.40. The molecule has 4 nitrogen and oxygen atoms in total. The van der Waals surface area contributed by atoms with E-state index in [2.05, 4.69) is 15.3 Å². The molecule has 0 atom stereocenters. The number of thioether (sulfide) groups is 1. The number of carbonyl (C=O) groups is 1. The number of aryl methyl sites for hydroxylation is 1. The monoisotopic (exact) mass is 279 g/mol. The van der Waals surface area contributed by atoms with Crippen LogP contribution in [0.1, 0.15) is 20.2 Å². The summed E-state index contributed by atoms with van der Waals surface area (Å²) in [6, 6.07) is 3.50. The van der Waals surface area contributed by atoms with Gasteiger partial charge in [-0.3, -0.25) is 4.79 Å². The minimum absolute atomic E-state index is 0.0845. The summed E-state index contributed by atoms with van der Waals surface area (Å²) in [5, 5.41) is 4.73. The summed E-state index contributed by atoms with van der Waals surface area (Å²) < 4.78 is 0. The molecule has 0 aliphatic carbocycles. The number of aromatic nitrogens is 2. The summed E-state index contributed by atoms with van der Waals surface area (Å²) in [5.41, 5.74) is 0.635. The molecule has 0 aliphatic heterocycles. The molecule has 0 spiro atoms. The predicted molar refractivity (Wildman–Crippen MR) is 74.0 cm³/mol. The molecule has 2 heterocycles. The fourth-order valence-electron chi connectivity index (χ4n) is 1.42. The lowest BCUT2D eigenvalue weighted by molar-refractivity contribution is 0.0951.